The van der Waals surface area contributed by atoms with Crippen LogP contribution >= 0.6 is 0 Å². The summed E-state index contributed by atoms with van der Waals surface area (Å²) in [6.07, 6.45) is -5.09. The van der Waals surface area contributed by atoms with Crippen molar-refractivity contribution >= 4 is 35.1 Å². The maximum Gasteiger partial charge on any atom is 0.471 e. The number of imide groups is 2. The Labute approximate surface area is 151 Å². The Morgan fingerprint density at radius 1 is 1.00 bits per heavy atom. The summed E-state index contributed by atoms with van der Waals surface area (Å²) in [6.45, 7) is 3.59. The second-order valence-corrected chi connectivity index (χ2v) is 5.66. The molecule has 0 bridgehead atoms. The van der Waals surface area contributed by atoms with Gasteiger partial charge in [-0.1, -0.05) is 18.7 Å². The van der Waals surface area contributed by atoms with E-state index in [0.717, 1.165) is 9.80 Å². The maximum atomic E-state index is 12.5. The summed E-state index contributed by atoms with van der Waals surface area (Å²) in [7, 11) is 2.37. The van der Waals surface area contributed by atoms with Gasteiger partial charge in [-0.15, -0.1) is 0 Å². The highest BCUT2D eigenvalue weighted by molar-refractivity contribution is 6.17. The molecule has 1 aliphatic rings. The van der Waals surface area contributed by atoms with E-state index in [1.54, 1.807) is 5.32 Å². The quantitative estimate of drug-likeness (QED) is 0.771. The van der Waals surface area contributed by atoms with Crippen LogP contribution in [-0.2, 0) is 14.4 Å². The number of amides is 5. The van der Waals surface area contributed by atoms with Crippen molar-refractivity contribution in [1.82, 2.24) is 9.80 Å². The van der Waals surface area contributed by atoms with Gasteiger partial charge in [-0.3, -0.25) is 24.2 Å². The van der Waals surface area contributed by atoms with E-state index in [9.17, 15) is 32.3 Å². The summed E-state index contributed by atoms with van der Waals surface area (Å²) in [4.78, 5) is 48.9. The number of benzene rings is 1. The molecule has 1 saturated heterocycles. The summed E-state index contributed by atoms with van der Waals surface area (Å²) < 4.78 is 37.4. The fourth-order valence-electron chi connectivity index (χ4n) is 2.34. The Kier molecular flexibility index (Phi) is 5.24. The fourth-order valence-corrected chi connectivity index (χ4v) is 2.34. The maximum absolute atomic E-state index is 12.5. The van der Waals surface area contributed by atoms with Gasteiger partial charge in [0.15, 0.2) is 5.92 Å². The average molecular weight is 384 g/mol. The average Bonchev–Trinajstić information content (AvgIpc) is 2.59. The first-order valence-electron chi connectivity index (χ1n) is 7.47. The van der Waals surface area contributed by atoms with E-state index in [2.05, 4.69) is 11.9 Å². The number of alkyl halides is 3. The molecule has 5 amide bonds. The fraction of sp³-hybridized carbons (Fsp3) is 0.250. The highest BCUT2D eigenvalue weighted by atomic mass is 19.4. The van der Waals surface area contributed by atoms with E-state index >= 15 is 0 Å². The van der Waals surface area contributed by atoms with Gasteiger partial charge in [-0.2, -0.15) is 13.2 Å². The van der Waals surface area contributed by atoms with Crippen LogP contribution < -0.4 is 10.6 Å². The van der Waals surface area contributed by atoms with Crippen molar-refractivity contribution in [2.45, 2.75) is 6.18 Å². The predicted octanol–water partition coefficient (Wildman–Crippen LogP) is 1.78. The largest absolute Gasteiger partial charge is 0.471 e. The van der Waals surface area contributed by atoms with Crippen LogP contribution in [-0.4, -0.2) is 53.8 Å². The van der Waals surface area contributed by atoms with Crippen molar-refractivity contribution in [3.63, 3.8) is 0 Å². The number of nitrogens with zero attached hydrogens (tertiary/aromatic N) is 2. The first-order valence-corrected chi connectivity index (χ1v) is 7.47. The number of rotatable bonds is 4. The Morgan fingerprint density at radius 3 is 1.89 bits per heavy atom. The van der Waals surface area contributed by atoms with Crippen LogP contribution in [0.1, 0.15) is 0 Å². The third-order valence-corrected chi connectivity index (χ3v) is 3.81. The first kappa shape index (κ1) is 19.9. The number of urea groups is 1. The predicted molar refractivity (Wildman–Crippen MR) is 88.3 cm³/mol. The molecule has 0 spiro atoms. The first-order chi connectivity index (χ1) is 12.4. The molecule has 1 fully saturated rings. The summed E-state index contributed by atoms with van der Waals surface area (Å²) in [6, 6.07) is 4.56. The SMILES string of the molecule is C=C(Nc1ccccc1NC(=O)C(F)(F)F)C1C(=O)N(C)C(=O)N(C)C1=O. The van der Waals surface area contributed by atoms with Gasteiger partial charge in [0, 0.05) is 19.8 Å². The smallest absolute Gasteiger partial charge is 0.357 e. The molecule has 0 saturated carbocycles. The molecule has 0 aromatic heterocycles. The van der Waals surface area contributed by atoms with Gasteiger partial charge >= 0.3 is 18.1 Å². The van der Waals surface area contributed by atoms with E-state index in [1.165, 1.54) is 38.4 Å². The van der Waals surface area contributed by atoms with Crippen molar-refractivity contribution < 1.29 is 32.3 Å². The molecule has 144 valence electrons. The number of para-hydroxylation sites is 2. The third-order valence-electron chi connectivity index (χ3n) is 3.81. The van der Waals surface area contributed by atoms with Gasteiger partial charge in [0.05, 0.1) is 11.4 Å². The van der Waals surface area contributed by atoms with Gasteiger partial charge in [-0.05, 0) is 12.1 Å². The van der Waals surface area contributed by atoms with E-state index in [4.69, 9.17) is 0 Å². The zero-order valence-electron chi connectivity index (χ0n) is 14.3. The minimum Gasteiger partial charge on any atom is -0.357 e. The Hall–Kier alpha value is -3.37. The molecule has 1 aromatic carbocycles. The minimum absolute atomic E-state index is 0.0112. The van der Waals surface area contributed by atoms with Gasteiger partial charge in [0.25, 0.3) is 0 Å². The van der Waals surface area contributed by atoms with Gasteiger partial charge in [0.1, 0.15) is 0 Å². The Morgan fingerprint density at radius 2 is 1.44 bits per heavy atom. The molecule has 8 nitrogen and oxygen atoms in total. The molecule has 27 heavy (non-hydrogen) atoms. The molecule has 0 radical (unpaired) electrons. The highest BCUT2D eigenvalue weighted by Gasteiger charge is 2.44. The Balaban J connectivity index is 2.26. The summed E-state index contributed by atoms with van der Waals surface area (Å²) in [5.74, 6) is -5.31. The van der Waals surface area contributed by atoms with Crippen LogP contribution in [0.4, 0.5) is 29.3 Å². The molecule has 2 N–H and O–H groups in total. The standard InChI is InChI=1S/C16H15F3N4O4/c1-8(11-12(24)22(2)15(27)23(3)13(11)25)20-9-6-4-5-7-10(9)21-14(26)16(17,18)19/h4-7,11,20H,1H2,2-3H3,(H,21,26). The van der Waals surface area contributed by atoms with Crippen LogP contribution in [0.5, 0.6) is 0 Å². The Bertz CT molecular complexity index is 813. The van der Waals surface area contributed by atoms with Crippen molar-refractivity contribution in [1.29, 1.82) is 0 Å². The minimum atomic E-state index is -5.09. The normalized spacial score (nSPS) is 15.8. The van der Waals surface area contributed by atoms with Crippen LogP contribution in [0, 0.1) is 5.92 Å². The number of hydrogen-bond donors (Lipinski definition) is 2. The van der Waals surface area contributed by atoms with E-state index in [0.29, 0.717) is 0 Å². The number of halogens is 3. The van der Waals surface area contributed by atoms with Gasteiger partial charge < -0.3 is 10.6 Å². The van der Waals surface area contributed by atoms with E-state index < -0.39 is 35.8 Å². The van der Waals surface area contributed by atoms with Crippen LogP contribution in [0.25, 0.3) is 0 Å². The lowest BCUT2D eigenvalue weighted by molar-refractivity contribution is -0.167. The van der Waals surface area contributed by atoms with Crippen LogP contribution in [0.15, 0.2) is 36.5 Å². The molecular formula is C16H15F3N4O4. The van der Waals surface area contributed by atoms with Gasteiger partial charge in [0.2, 0.25) is 11.8 Å². The van der Waals surface area contributed by atoms with Gasteiger partial charge in [-0.25, -0.2) is 4.79 Å². The number of anilines is 2. The third kappa shape index (κ3) is 3.91. The number of barbiturate groups is 1. The number of carbonyl (C=O) groups excluding carboxylic acids is 4. The van der Waals surface area contributed by atoms with Crippen molar-refractivity contribution in [3.8, 4) is 0 Å². The zero-order valence-corrected chi connectivity index (χ0v) is 14.3. The topological polar surface area (TPSA) is 98.8 Å². The second-order valence-electron chi connectivity index (χ2n) is 5.66. The highest BCUT2D eigenvalue weighted by Crippen LogP contribution is 2.28. The van der Waals surface area contributed by atoms with Crippen LogP contribution in [0.2, 0.25) is 0 Å². The molecule has 1 aliphatic heterocycles. The molecule has 0 aliphatic carbocycles. The molecule has 0 unspecified atom stereocenters. The number of hydrogen-bond acceptors (Lipinski definition) is 5. The lowest BCUT2D eigenvalue weighted by Crippen LogP contribution is -2.57. The molecule has 2 rings (SSSR count). The van der Waals surface area contributed by atoms with Crippen LogP contribution in [0.3, 0.4) is 0 Å². The second kappa shape index (κ2) is 7.09. The number of carbonyl (C=O) groups is 4. The summed E-state index contributed by atoms with van der Waals surface area (Å²) in [5, 5.41) is 4.26. The molecular weight excluding hydrogens is 369 g/mol. The van der Waals surface area contributed by atoms with E-state index in [1.807, 2.05) is 0 Å². The van der Waals surface area contributed by atoms with Crippen molar-refractivity contribution in [2.24, 2.45) is 5.92 Å². The molecule has 1 aromatic rings. The lowest BCUT2D eigenvalue weighted by atomic mass is 10.0. The lowest BCUT2D eigenvalue weighted by Gasteiger charge is -2.33. The van der Waals surface area contributed by atoms with Crippen molar-refractivity contribution in [3.05, 3.63) is 36.5 Å². The molecule has 1 heterocycles. The monoisotopic (exact) mass is 384 g/mol. The zero-order chi connectivity index (χ0) is 20.5. The number of nitrogens with one attached hydrogen (secondary N) is 2. The summed E-state index contributed by atoms with van der Waals surface area (Å²) in [5.41, 5.74) is -0.401. The van der Waals surface area contributed by atoms with E-state index in [-0.39, 0.29) is 17.1 Å². The van der Waals surface area contributed by atoms with Crippen molar-refractivity contribution in [2.75, 3.05) is 24.7 Å². The molecule has 0 atom stereocenters. The summed E-state index contributed by atoms with van der Waals surface area (Å²) >= 11 is 0. The molecule has 11 heteroatoms.